The molecule has 1 aliphatic heterocycles. The van der Waals surface area contributed by atoms with Crippen LogP contribution in [-0.2, 0) is 4.79 Å². The van der Waals surface area contributed by atoms with Gasteiger partial charge in [-0.15, -0.1) is 0 Å². The fourth-order valence-electron chi connectivity index (χ4n) is 3.70. The van der Waals surface area contributed by atoms with E-state index in [1.54, 1.807) is 4.90 Å². The lowest BCUT2D eigenvalue weighted by Gasteiger charge is -2.43. The van der Waals surface area contributed by atoms with Gasteiger partial charge in [0, 0.05) is 18.6 Å². The first-order valence-electron chi connectivity index (χ1n) is 9.89. The molecule has 0 aromatic heterocycles. The third-order valence-electron chi connectivity index (χ3n) is 5.36. The van der Waals surface area contributed by atoms with Crippen molar-refractivity contribution in [3.63, 3.8) is 0 Å². The van der Waals surface area contributed by atoms with Crippen LogP contribution >= 0.6 is 0 Å². The van der Waals surface area contributed by atoms with Gasteiger partial charge in [-0.2, -0.15) is 0 Å². The third kappa shape index (κ3) is 4.86. The Balaban J connectivity index is 1.45. The number of rotatable bonds is 8. The summed E-state index contributed by atoms with van der Waals surface area (Å²) in [4.78, 5) is 27.2. The minimum absolute atomic E-state index is 0.0451. The average Bonchev–Trinajstić information content (AvgIpc) is 2.66. The van der Waals surface area contributed by atoms with Crippen molar-refractivity contribution in [2.75, 3.05) is 32.8 Å². The molecule has 2 aliphatic rings. The normalized spacial score (nSPS) is 23.0. The number of carboxylic acid groups (broad SMARTS) is 1. The van der Waals surface area contributed by atoms with Gasteiger partial charge in [0.1, 0.15) is 6.61 Å². The lowest BCUT2D eigenvalue weighted by molar-refractivity contribution is -0.139. The van der Waals surface area contributed by atoms with Crippen LogP contribution in [0.4, 0.5) is 4.79 Å². The lowest BCUT2D eigenvalue weighted by Crippen LogP contribution is -2.57. The van der Waals surface area contributed by atoms with Crippen LogP contribution in [0.3, 0.4) is 0 Å². The Morgan fingerprint density at radius 2 is 1.89 bits per heavy atom. The quantitative estimate of drug-likeness (QED) is 0.702. The van der Waals surface area contributed by atoms with Crippen molar-refractivity contribution in [3.05, 3.63) is 24.3 Å². The number of hydrogen-bond donors (Lipinski definition) is 2. The summed E-state index contributed by atoms with van der Waals surface area (Å²) in [6.45, 7) is 6.07. The molecule has 154 valence electrons. The summed E-state index contributed by atoms with van der Waals surface area (Å²) < 4.78 is 11.7. The minimum atomic E-state index is -0.817. The number of carbonyl (C=O) groups is 2. The molecule has 1 saturated carbocycles. The Kier molecular flexibility index (Phi) is 6.61. The number of fused-ring (bicyclic) bond motifs is 1. The first-order chi connectivity index (χ1) is 13.5. The molecule has 8 heteroatoms. The predicted octanol–water partition coefficient (Wildman–Crippen LogP) is 1.80. The number of benzene rings is 1. The number of carbonyl (C=O) groups excluding carboxylic acids is 1. The number of nitrogens with one attached hydrogen (secondary N) is 1. The van der Waals surface area contributed by atoms with E-state index in [1.807, 2.05) is 43.0 Å². The van der Waals surface area contributed by atoms with E-state index in [2.05, 4.69) is 5.32 Å². The number of likely N-dealkylation sites (N-methyl/N-ethyl adjacent to an activating group) is 2. The predicted molar refractivity (Wildman–Crippen MR) is 104 cm³/mol. The van der Waals surface area contributed by atoms with Crippen LogP contribution in [0.2, 0.25) is 0 Å². The number of hydrogen-bond acceptors (Lipinski definition) is 5. The van der Waals surface area contributed by atoms with Crippen LogP contribution in [0.1, 0.15) is 26.7 Å². The van der Waals surface area contributed by atoms with Crippen molar-refractivity contribution in [2.24, 2.45) is 0 Å². The molecule has 0 radical (unpaired) electrons. The molecule has 8 nitrogen and oxygen atoms in total. The topological polar surface area (TPSA) is 91.3 Å². The Bertz CT molecular complexity index is 692. The van der Waals surface area contributed by atoms with Crippen molar-refractivity contribution in [1.29, 1.82) is 0 Å². The SMILES string of the molecule is CCN(CC1COc2ccccc2O1)C(=O)NC1CC(N(CC)CC(=O)O)C1. The zero-order valence-corrected chi connectivity index (χ0v) is 16.5. The number of ether oxygens (including phenoxy) is 2. The second-order valence-electron chi connectivity index (χ2n) is 7.26. The molecular formula is C20H29N3O5. The maximum atomic E-state index is 12.6. The Morgan fingerprint density at radius 1 is 1.18 bits per heavy atom. The monoisotopic (exact) mass is 391 g/mol. The number of urea groups is 1. The highest BCUT2D eigenvalue weighted by Crippen LogP contribution is 2.31. The number of para-hydroxylation sites is 2. The fraction of sp³-hybridized carbons (Fsp3) is 0.600. The van der Waals surface area contributed by atoms with E-state index in [-0.39, 0.29) is 30.8 Å². The lowest BCUT2D eigenvalue weighted by atomic mass is 9.85. The molecule has 1 aromatic rings. The molecule has 2 N–H and O–H groups in total. The highest BCUT2D eigenvalue weighted by Gasteiger charge is 2.35. The van der Waals surface area contributed by atoms with Crippen molar-refractivity contribution >= 4 is 12.0 Å². The first-order valence-corrected chi connectivity index (χ1v) is 9.89. The van der Waals surface area contributed by atoms with Crippen LogP contribution in [-0.4, -0.2) is 77.9 Å². The zero-order chi connectivity index (χ0) is 20.1. The van der Waals surface area contributed by atoms with E-state index in [0.29, 0.717) is 32.0 Å². The highest BCUT2D eigenvalue weighted by molar-refractivity contribution is 5.74. The van der Waals surface area contributed by atoms with Gasteiger partial charge in [0.25, 0.3) is 0 Å². The summed E-state index contributed by atoms with van der Waals surface area (Å²) in [6, 6.07) is 7.71. The van der Waals surface area contributed by atoms with E-state index >= 15 is 0 Å². The summed E-state index contributed by atoms with van der Waals surface area (Å²) in [5, 5.41) is 12.0. The van der Waals surface area contributed by atoms with Gasteiger partial charge < -0.3 is 24.8 Å². The van der Waals surface area contributed by atoms with Gasteiger partial charge in [-0.3, -0.25) is 9.69 Å². The van der Waals surface area contributed by atoms with Crippen LogP contribution < -0.4 is 14.8 Å². The standard InChI is InChI=1S/C20H29N3O5/c1-3-22(12-19(24)25)15-9-14(10-15)21-20(26)23(4-2)11-16-13-27-17-7-5-6-8-18(17)28-16/h5-8,14-16H,3-4,9-13H2,1-2H3,(H,21,26)(H,24,25). The highest BCUT2D eigenvalue weighted by atomic mass is 16.6. The number of amides is 2. The summed E-state index contributed by atoms with van der Waals surface area (Å²) >= 11 is 0. The molecule has 0 bridgehead atoms. The summed E-state index contributed by atoms with van der Waals surface area (Å²) in [6.07, 6.45) is 1.35. The van der Waals surface area contributed by atoms with Crippen LogP contribution in [0.5, 0.6) is 11.5 Å². The third-order valence-corrected chi connectivity index (χ3v) is 5.36. The molecule has 1 unspecified atom stereocenters. The first kappa shape index (κ1) is 20.3. The minimum Gasteiger partial charge on any atom is -0.486 e. The largest absolute Gasteiger partial charge is 0.486 e. The van der Waals surface area contributed by atoms with Gasteiger partial charge >= 0.3 is 12.0 Å². The van der Waals surface area contributed by atoms with Gasteiger partial charge in [-0.05, 0) is 38.4 Å². The van der Waals surface area contributed by atoms with Crippen LogP contribution in [0, 0.1) is 0 Å². The maximum Gasteiger partial charge on any atom is 0.317 e. The maximum absolute atomic E-state index is 12.6. The van der Waals surface area contributed by atoms with Crippen molar-refractivity contribution in [2.45, 2.75) is 44.9 Å². The molecule has 28 heavy (non-hydrogen) atoms. The van der Waals surface area contributed by atoms with E-state index < -0.39 is 5.97 Å². The van der Waals surface area contributed by atoms with Gasteiger partial charge in [-0.1, -0.05) is 19.1 Å². The van der Waals surface area contributed by atoms with E-state index in [4.69, 9.17) is 14.6 Å². The fourth-order valence-corrected chi connectivity index (χ4v) is 3.70. The molecule has 2 amide bonds. The van der Waals surface area contributed by atoms with E-state index in [9.17, 15) is 9.59 Å². The van der Waals surface area contributed by atoms with Gasteiger partial charge in [0.05, 0.1) is 13.1 Å². The number of aliphatic carboxylic acids is 1. The van der Waals surface area contributed by atoms with E-state index in [1.165, 1.54) is 0 Å². The Morgan fingerprint density at radius 3 is 2.54 bits per heavy atom. The molecule has 0 spiro atoms. The van der Waals surface area contributed by atoms with Crippen LogP contribution in [0.25, 0.3) is 0 Å². The Hall–Kier alpha value is -2.48. The van der Waals surface area contributed by atoms with Crippen molar-refractivity contribution < 1.29 is 24.2 Å². The van der Waals surface area contributed by atoms with Crippen molar-refractivity contribution in [1.82, 2.24) is 15.1 Å². The second-order valence-corrected chi connectivity index (χ2v) is 7.26. The summed E-state index contributed by atoms with van der Waals surface area (Å²) in [5.74, 6) is 0.617. The molecule has 0 saturated heterocycles. The van der Waals surface area contributed by atoms with Crippen molar-refractivity contribution in [3.8, 4) is 11.5 Å². The molecule has 1 fully saturated rings. The summed E-state index contributed by atoms with van der Waals surface area (Å²) in [5.41, 5.74) is 0. The molecule has 1 aromatic carbocycles. The zero-order valence-electron chi connectivity index (χ0n) is 16.5. The summed E-state index contributed by atoms with van der Waals surface area (Å²) in [7, 11) is 0. The van der Waals surface area contributed by atoms with Gasteiger partial charge in [0.2, 0.25) is 0 Å². The smallest absolute Gasteiger partial charge is 0.317 e. The number of carboxylic acids is 1. The molecular weight excluding hydrogens is 362 g/mol. The molecule has 3 rings (SSSR count). The van der Waals surface area contributed by atoms with E-state index in [0.717, 1.165) is 18.6 Å². The molecule has 1 aliphatic carbocycles. The van der Waals surface area contributed by atoms with Gasteiger partial charge in [-0.25, -0.2) is 4.79 Å². The average molecular weight is 391 g/mol. The number of nitrogens with zero attached hydrogens (tertiary/aromatic N) is 2. The Labute approximate surface area is 165 Å². The molecule has 1 atom stereocenters. The van der Waals surface area contributed by atoms with Gasteiger partial charge in [0.15, 0.2) is 17.6 Å². The van der Waals surface area contributed by atoms with Crippen LogP contribution in [0.15, 0.2) is 24.3 Å². The molecule has 1 heterocycles. The second kappa shape index (κ2) is 9.14.